The van der Waals surface area contributed by atoms with Crippen molar-refractivity contribution in [2.75, 3.05) is 0 Å². The SMILES string of the molecule is O=C(Cn1cnc2scc(-c3cccs3)c2c1=O)NCc1ccc(-n2ccnc2)c(F)c1. The lowest BCUT2D eigenvalue weighted by Crippen LogP contribution is -2.32. The Morgan fingerprint density at radius 3 is 2.84 bits per heavy atom. The van der Waals surface area contributed by atoms with E-state index in [1.54, 1.807) is 40.4 Å². The van der Waals surface area contributed by atoms with Crippen LogP contribution in [-0.4, -0.2) is 25.0 Å². The van der Waals surface area contributed by atoms with Crippen LogP contribution in [0.4, 0.5) is 4.39 Å². The Labute approximate surface area is 189 Å². The van der Waals surface area contributed by atoms with Crippen molar-refractivity contribution in [3.63, 3.8) is 0 Å². The average molecular weight is 466 g/mol. The molecule has 1 N–H and O–H groups in total. The summed E-state index contributed by atoms with van der Waals surface area (Å²) < 4.78 is 17.3. The molecule has 0 bridgehead atoms. The average Bonchev–Trinajstić information content (AvgIpc) is 3.55. The van der Waals surface area contributed by atoms with Crippen LogP contribution in [0.15, 0.2) is 70.9 Å². The minimum absolute atomic E-state index is 0.142. The topological polar surface area (TPSA) is 81.8 Å². The Kier molecular flexibility index (Phi) is 5.38. The predicted octanol–water partition coefficient (Wildman–Crippen LogP) is 3.83. The van der Waals surface area contributed by atoms with Crippen molar-refractivity contribution in [1.82, 2.24) is 24.4 Å². The summed E-state index contributed by atoms with van der Waals surface area (Å²) in [6.07, 6.45) is 6.12. The van der Waals surface area contributed by atoms with E-state index in [0.29, 0.717) is 21.5 Å². The molecule has 4 aromatic heterocycles. The highest BCUT2D eigenvalue weighted by Gasteiger charge is 2.15. The molecular weight excluding hydrogens is 449 g/mol. The van der Waals surface area contributed by atoms with Crippen LogP contribution in [0.25, 0.3) is 26.3 Å². The lowest BCUT2D eigenvalue weighted by molar-refractivity contribution is -0.121. The number of rotatable bonds is 6. The first-order valence-electron chi connectivity index (χ1n) is 9.64. The van der Waals surface area contributed by atoms with Crippen LogP contribution >= 0.6 is 22.7 Å². The maximum atomic E-state index is 14.4. The third-order valence-electron chi connectivity index (χ3n) is 4.95. The van der Waals surface area contributed by atoms with Crippen molar-refractivity contribution in [3.8, 4) is 16.1 Å². The number of amides is 1. The number of imidazole rings is 1. The van der Waals surface area contributed by atoms with Crippen LogP contribution in [0.2, 0.25) is 0 Å². The molecule has 0 aliphatic carbocycles. The van der Waals surface area contributed by atoms with E-state index in [4.69, 9.17) is 0 Å². The molecule has 0 aliphatic rings. The Morgan fingerprint density at radius 1 is 1.19 bits per heavy atom. The molecule has 0 saturated heterocycles. The second kappa shape index (κ2) is 8.48. The highest BCUT2D eigenvalue weighted by molar-refractivity contribution is 7.18. The monoisotopic (exact) mass is 465 g/mol. The van der Waals surface area contributed by atoms with Crippen molar-refractivity contribution in [2.24, 2.45) is 0 Å². The number of fused-ring (bicyclic) bond motifs is 1. The van der Waals surface area contributed by atoms with Crippen LogP contribution in [0.5, 0.6) is 0 Å². The van der Waals surface area contributed by atoms with Gasteiger partial charge in [0, 0.05) is 34.8 Å². The summed E-state index contributed by atoms with van der Waals surface area (Å²) >= 11 is 2.95. The van der Waals surface area contributed by atoms with Crippen LogP contribution in [0, 0.1) is 5.82 Å². The summed E-state index contributed by atoms with van der Waals surface area (Å²) in [5.74, 6) is -0.778. The van der Waals surface area contributed by atoms with Gasteiger partial charge in [0.25, 0.3) is 5.56 Å². The smallest absolute Gasteiger partial charge is 0.263 e. The Hall–Kier alpha value is -3.63. The van der Waals surface area contributed by atoms with Crippen molar-refractivity contribution in [1.29, 1.82) is 0 Å². The van der Waals surface area contributed by atoms with Gasteiger partial charge in [-0.15, -0.1) is 22.7 Å². The molecule has 0 radical (unpaired) electrons. The number of hydrogen-bond acceptors (Lipinski definition) is 6. The lowest BCUT2D eigenvalue weighted by Gasteiger charge is -2.09. The fourth-order valence-corrected chi connectivity index (χ4v) is 5.10. The van der Waals surface area contributed by atoms with E-state index in [-0.39, 0.29) is 24.6 Å². The van der Waals surface area contributed by atoms with Crippen LogP contribution in [0.1, 0.15) is 5.56 Å². The van der Waals surface area contributed by atoms with Gasteiger partial charge in [-0.05, 0) is 29.1 Å². The molecule has 5 aromatic rings. The number of carbonyl (C=O) groups excluding carboxylic acids is 1. The summed E-state index contributed by atoms with van der Waals surface area (Å²) in [5, 5.41) is 7.12. The van der Waals surface area contributed by atoms with E-state index < -0.39 is 5.82 Å². The number of hydrogen-bond donors (Lipinski definition) is 1. The molecule has 5 rings (SSSR count). The van der Waals surface area contributed by atoms with Crippen molar-refractivity contribution >= 4 is 38.8 Å². The Morgan fingerprint density at radius 2 is 2.09 bits per heavy atom. The fraction of sp³-hybridized carbons (Fsp3) is 0.0909. The van der Waals surface area contributed by atoms with Gasteiger partial charge in [0.05, 0.1) is 23.7 Å². The summed E-state index contributed by atoms with van der Waals surface area (Å²) in [6, 6.07) is 8.61. The molecule has 1 amide bonds. The molecule has 7 nitrogen and oxygen atoms in total. The second-order valence-corrected chi connectivity index (χ2v) is 8.82. The van der Waals surface area contributed by atoms with E-state index in [9.17, 15) is 14.0 Å². The van der Waals surface area contributed by atoms with Crippen molar-refractivity contribution < 1.29 is 9.18 Å². The van der Waals surface area contributed by atoms with Gasteiger partial charge in [-0.2, -0.15) is 0 Å². The van der Waals surface area contributed by atoms with Gasteiger partial charge in [0.2, 0.25) is 5.91 Å². The second-order valence-electron chi connectivity index (χ2n) is 7.02. The number of carbonyl (C=O) groups is 1. The Balaban J connectivity index is 1.30. The fourth-order valence-electron chi connectivity index (χ4n) is 3.38. The molecular formula is C22H16FN5O2S2. The van der Waals surface area contributed by atoms with Crippen molar-refractivity contribution in [3.05, 3.63) is 87.9 Å². The first kappa shape index (κ1) is 20.3. The summed E-state index contributed by atoms with van der Waals surface area (Å²) in [7, 11) is 0. The number of nitrogens with zero attached hydrogens (tertiary/aromatic N) is 4. The summed E-state index contributed by atoms with van der Waals surface area (Å²) in [5.41, 5.74) is 1.56. The quantitative estimate of drug-likeness (QED) is 0.413. The molecule has 160 valence electrons. The lowest BCUT2D eigenvalue weighted by atomic mass is 10.2. The highest BCUT2D eigenvalue weighted by Crippen LogP contribution is 2.33. The van der Waals surface area contributed by atoms with Gasteiger partial charge in [-0.3, -0.25) is 14.2 Å². The minimum Gasteiger partial charge on any atom is -0.350 e. The maximum Gasteiger partial charge on any atom is 0.263 e. The molecule has 0 aliphatic heterocycles. The first-order valence-corrected chi connectivity index (χ1v) is 11.4. The van der Waals surface area contributed by atoms with Gasteiger partial charge in [0.1, 0.15) is 17.2 Å². The van der Waals surface area contributed by atoms with Gasteiger partial charge < -0.3 is 9.88 Å². The largest absolute Gasteiger partial charge is 0.350 e. The van der Waals surface area contributed by atoms with E-state index >= 15 is 0 Å². The molecule has 4 heterocycles. The molecule has 0 unspecified atom stereocenters. The Bertz CT molecular complexity index is 1460. The summed E-state index contributed by atoms with van der Waals surface area (Å²) in [4.78, 5) is 35.3. The zero-order valence-electron chi connectivity index (χ0n) is 16.6. The number of thiophene rings is 2. The predicted molar refractivity (Wildman–Crippen MR) is 123 cm³/mol. The van der Waals surface area contributed by atoms with Gasteiger partial charge >= 0.3 is 0 Å². The minimum atomic E-state index is -0.417. The van der Waals surface area contributed by atoms with Gasteiger partial charge in [-0.25, -0.2) is 14.4 Å². The standard InChI is InChI=1S/C22H16FN5O2S2/c23-16-8-14(3-4-17(16)27-6-5-24-12-27)9-25-19(29)10-28-13-26-21-20(22(28)30)15(11-32-21)18-2-1-7-31-18/h1-8,11-13H,9-10H2,(H,25,29). The van der Waals surface area contributed by atoms with Crippen LogP contribution in [0.3, 0.4) is 0 Å². The third kappa shape index (κ3) is 3.85. The molecule has 0 saturated carbocycles. The van der Waals surface area contributed by atoms with Crippen LogP contribution in [-0.2, 0) is 17.9 Å². The van der Waals surface area contributed by atoms with Crippen molar-refractivity contribution in [2.45, 2.75) is 13.1 Å². The van der Waals surface area contributed by atoms with E-state index in [2.05, 4.69) is 15.3 Å². The molecule has 1 aromatic carbocycles. The molecule has 0 fully saturated rings. The third-order valence-corrected chi connectivity index (χ3v) is 6.74. The maximum absolute atomic E-state index is 14.4. The highest BCUT2D eigenvalue weighted by atomic mass is 32.1. The number of halogens is 1. The normalized spacial score (nSPS) is 11.2. The molecule has 0 atom stereocenters. The first-order chi connectivity index (χ1) is 15.6. The number of nitrogens with one attached hydrogen (secondary N) is 1. The van der Waals surface area contributed by atoms with E-state index in [1.165, 1.54) is 34.6 Å². The zero-order chi connectivity index (χ0) is 22.1. The zero-order valence-corrected chi connectivity index (χ0v) is 18.2. The van der Waals surface area contributed by atoms with Gasteiger partial charge in [0.15, 0.2) is 0 Å². The van der Waals surface area contributed by atoms with E-state index in [1.807, 2.05) is 22.9 Å². The van der Waals surface area contributed by atoms with E-state index in [0.717, 1.165) is 10.4 Å². The molecule has 10 heteroatoms. The molecule has 32 heavy (non-hydrogen) atoms. The van der Waals surface area contributed by atoms with Gasteiger partial charge in [-0.1, -0.05) is 12.1 Å². The summed E-state index contributed by atoms with van der Waals surface area (Å²) in [6.45, 7) is -0.0274. The number of aromatic nitrogens is 4. The number of benzene rings is 1. The molecule has 0 spiro atoms. The van der Waals surface area contributed by atoms with Crippen LogP contribution < -0.4 is 10.9 Å².